The van der Waals surface area contributed by atoms with E-state index in [9.17, 15) is 22.8 Å². The highest BCUT2D eigenvalue weighted by Gasteiger charge is 2.31. The summed E-state index contributed by atoms with van der Waals surface area (Å²) in [4.78, 5) is 40.0. The fraction of sp³-hybridized carbons (Fsp3) is 0.265. The predicted molar refractivity (Wildman–Crippen MR) is 178 cm³/mol. The number of sulfonamides is 1. The number of ketones is 1. The highest BCUT2D eigenvalue weighted by molar-refractivity contribution is 7.93. The fourth-order valence-corrected chi connectivity index (χ4v) is 6.97. The molecular weight excluding hydrogens is 635 g/mol. The molecule has 0 aliphatic heterocycles. The van der Waals surface area contributed by atoms with E-state index in [1.165, 1.54) is 23.1 Å². The Morgan fingerprint density at radius 1 is 0.822 bits per heavy atom. The number of hydrogen-bond acceptors (Lipinski definition) is 6. The minimum absolute atomic E-state index is 0.106. The first kappa shape index (κ1) is 34.0. The average molecular weight is 670 g/mol. The van der Waals surface area contributed by atoms with Crippen LogP contribution in [0.15, 0.2) is 83.8 Å². The van der Waals surface area contributed by atoms with Gasteiger partial charge in [0.15, 0.2) is 5.78 Å². The van der Waals surface area contributed by atoms with Crippen LogP contribution in [0, 0.1) is 0 Å². The Morgan fingerprint density at radius 2 is 1.42 bits per heavy atom. The third-order valence-electron chi connectivity index (χ3n) is 6.83. The molecule has 1 amide bonds. The minimum atomic E-state index is -4.38. The highest BCUT2D eigenvalue weighted by atomic mass is 35.5. The zero-order valence-electron chi connectivity index (χ0n) is 25.6. The van der Waals surface area contributed by atoms with E-state index in [2.05, 4.69) is 0 Å². The van der Waals surface area contributed by atoms with Crippen LogP contribution in [0.4, 0.5) is 5.69 Å². The summed E-state index contributed by atoms with van der Waals surface area (Å²) in [6, 6.07) is 21.1. The topological polar surface area (TPSA) is 101 Å². The number of aryl methyl sites for hydroxylation is 1. The second-order valence-corrected chi connectivity index (χ2v) is 14.4. The van der Waals surface area contributed by atoms with Crippen molar-refractivity contribution in [1.29, 1.82) is 0 Å². The second-order valence-electron chi connectivity index (χ2n) is 11.7. The van der Waals surface area contributed by atoms with Crippen molar-refractivity contribution in [2.45, 2.75) is 44.1 Å². The number of benzene rings is 4. The van der Waals surface area contributed by atoms with Gasteiger partial charge in [0.2, 0.25) is 0 Å². The van der Waals surface area contributed by atoms with E-state index in [1.54, 1.807) is 83.4 Å². The molecule has 0 aliphatic carbocycles. The molecule has 0 saturated heterocycles. The quantitative estimate of drug-likeness (QED) is 0.131. The predicted octanol–water partition coefficient (Wildman–Crippen LogP) is 7.20. The van der Waals surface area contributed by atoms with Crippen LogP contribution < -0.4 is 4.31 Å². The van der Waals surface area contributed by atoms with E-state index in [0.29, 0.717) is 28.3 Å². The number of halogens is 2. The first-order chi connectivity index (χ1) is 21.1. The minimum Gasteiger partial charge on any atom is -0.459 e. The van der Waals surface area contributed by atoms with E-state index in [0.717, 1.165) is 9.87 Å². The van der Waals surface area contributed by atoms with Crippen molar-refractivity contribution in [2.75, 3.05) is 24.9 Å². The zero-order chi connectivity index (χ0) is 33.1. The molecule has 4 rings (SSSR count). The molecule has 45 heavy (non-hydrogen) atoms. The number of nitrogens with zero attached hydrogens (tertiary/aromatic N) is 2. The SMILES string of the molecule is CN(C)C(=O)c1ccc(CCC(=O)c2cccc3c(N(CC(=O)OC(C)(C)C)S(=O)(=O)c4cc(Cl)cc(Cl)c4)cccc23)cc1. The molecule has 0 atom stereocenters. The number of carbonyl (C=O) groups excluding carboxylic acids is 3. The summed E-state index contributed by atoms with van der Waals surface area (Å²) >= 11 is 12.3. The molecule has 0 N–H and O–H groups in total. The largest absolute Gasteiger partial charge is 0.459 e. The molecule has 0 unspecified atom stereocenters. The Hall–Kier alpha value is -3.92. The number of carbonyl (C=O) groups is 3. The molecule has 0 fully saturated rings. The smallest absolute Gasteiger partial charge is 0.327 e. The Bertz CT molecular complexity index is 1850. The number of hydrogen-bond donors (Lipinski definition) is 0. The molecule has 0 aliphatic rings. The van der Waals surface area contributed by atoms with Gasteiger partial charge in [-0.1, -0.05) is 65.7 Å². The van der Waals surface area contributed by atoms with Crippen molar-refractivity contribution < 1.29 is 27.5 Å². The molecule has 0 bridgehead atoms. The summed E-state index contributed by atoms with van der Waals surface area (Å²) in [5.41, 5.74) is 1.20. The van der Waals surface area contributed by atoms with Gasteiger partial charge in [-0.15, -0.1) is 0 Å². The first-order valence-corrected chi connectivity index (χ1v) is 16.3. The van der Waals surface area contributed by atoms with Crippen LogP contribution in [-0.4, -0.2) is 57.2 Å². The van der Waals surface area contributed by atoms with Gasteiger partial charge in [-0.3, -0.25) is 18.7 Å². The lowest BCUT2D eigenvalue weighted by atomic mass is 9.96. The van der Waals surface area contributed by atoms with Gasteiger partial charge in [0.25, 0.3) is 15.9 Å². The second kappa shape index (κ2) is 13.6. The standard InChI is InChI=1S/C34H34Cl2N2O6S/c1-34(2,3)44-32(40)21-38(45(42,43)26-19-24(35)18-25(36)20-26)30-11-7-8-27-28(30)9-6-10-29(27)31(39)17-14-22-12-15-23(16-13-22)33(41)37(4)5/h6-13,15-16,18-20H,14,17,21H2,1-5H3. The van der Waals surface area contributed by atoms with Crippen LogP contribution in [-0.2, 0) is 26.0 Å². The van der Waals surface area contributed by atoms with Gasteiger partial charge in [0.1, 0.15) is 12.1 Å². The number of esters is 1. The van der Waals surface area contributed by atoms with Crippen LogP contribution in [0.3, 0.4) is 0 Å². The average Bonchev–Trinajstić information content (AvgIpc) is 2.96. The molecule has 4 aromatic carbocycles. The first-order valence-electron chi connectivity index (χ1n) is 14.1. The molecule has 11 heteroatoms. The number of ether oxygens (including phenoxy) is 1. The van der Waals surface area contributed by atoms with Crippen molar-refractivity contribution in [3.8, 4) is 0 Å². The van der Waals surface area contributed by atoms with Crippen LogP contribution in [0.2, 0.25) is 10.0 Å². The van der Waals surface area contributed by atoms with E-state index >= 15 is 0 Å². The molecule has 0 saturated carbocycles. The normalized spacial score (nSPS) is 11.7. The van der Waals surface area contributed by atoms with E-state index < -0.39 is 28.1 Å². The van der Waals surface area contributed by atoms with Crippen LogP contribution in [0.5, 0.6) is 0 Å². The Kier molecular flexibility index (Phi) is 10.3. The fourth-order valence-electron chi connectivity index (χ4n) is 4.81. The Balaban J connectivity index is 1.71. The Morgan fingerprint density at radius 3 is 2.02 bits per heavy atom. The molecule has 0 heterocycles. The van der Waals surface area contributed by atoms with Crippen molar-refractivity contribution >= 4 is 67.3 Å². The number of fused-ring (bicyclic) bond motifs is 1. The summed E-state index contributed by atoms with van der Waals surface area (Å²) in [5, 5.41) is 1.21. The van der Waals surface area contributed by atoms with Crippen LogP contribution in [0.25, 0.3) is 10.8 Å². The maximum atomic E-state index is 14.1. The van der Waals surface area contributed by atoms with Crippen molar-refractivity contribution in [1.82, 2.24) is 4.90 Å². The number of rotatable bonds is 10. The van der Waals surface area contributed by atoms with E-state index in [4.69, 9.17) is 27.9 Å². The van der Waals surface area contributed by atoms with Gasteiger partial charge < -0.3 is 9.64 Å². The van der Waals surface area contributed by atoms with Crippen LogP contribution >= 0.6 is 23.2 Å². The van der Waals surface area contributed by atoms with Gasteiger partial charge >= 0.3 is 5.97 Å². The monoisotopic (exact) mass is 668 g/mol. The maximum Gasteiger partial charge on any atom is 0.327 e. The maximum absolute atomic E-state index is 14.1. The van der Waals surface area contributed by atoms with Crippen LogP contribution in [0.1, 0.15) is 53.5 Å². The van der Waals surface area contributed by atoms with Gasteiger partial charge in [0, 0.05) is 47.1 Å². The molecule has 8 nitrogen and oxygen atoms in total. The van der Waals surface area contributed by atoms with Gasteiger partial charge in [-0.2, -0.15) is 0 Å². The van der Waals surface area contributed by atoms with Gasteiger partial charge in [-0.25, -0.2) is 8.42 Å². The summed E-state index contributed by atoms with van der Waals surface area (Å²) in [7, 11) is -1.02. The molecule has 236 valence electrons. The summed E-state index contributed by atoms with van der Waals surface area (Å²) < 4.78 is 34.6. The number of Topliss-reactive ketones (excluding diaryl/α,β-unsaturated/α-hetero) is 1. The highest BCUT2D eigenvalue weighted by Crippen LogP contribution is 2.34. The summed E-state index contributed by atoms with van der Waals surface area (Å²) in [6.07, 6.45) is 0.630. The Labute approximate surface area is 273 Å². The molecular formula is C34H34Cl2N2O6S. The van der Waals surface area contributed by atoms with Crippen molar-refractivity contribution in [2.24, 2.45) is 0 Å². The zero-order valence-corrected chi connectivity index (χ0v) is 28.0. The molecule has 0 aromatic heterocycles. The molecule has 0 radical (unpaired) electrons. The lowest BCUT2D eigenvalue weighted by Crippen LogP contribution is -2.39. The summed E-state index contributed by atoms with van der Waals surface area (Å²) in [5.74, 6) is -1.01. The number of amides is 1. The molecule has 4 aromatic rings. The van der Waals surface area contributed by atoms with Gasteiger partial charge in [0.05, 0.1) is 10.6 Å². The van der Waals surface area contributed by atoms with E-state index in [-0.39, 0.29) is 38.7 Å². The van der Waals surface area contributed by atoms with E-state index in [1.807, 2.05) is 12.1 Å². The molecule has 0 spiro atoms. The lowest BCUT2D eigenvalue weighted by Gasteiger charge is -2.27. The third kappa shape index (κ3) is 8.22. The van der Waals surface area contributed by atoms with Crippen molar-refractivity contribution in [3.05, 3.63) is 106 Å². The lowest BCUT2D eigenvalue weighted by molar-refractivity contribution is -0.152. The summed E-state index contributed by atoms with van der Waals surface area (Å²) in [6.45, 7) is 4.43. The van der Waals surface area contributed by atoms with Crippen molar-refractivity contribution in [3.63, 3.8) is 0 Å². The number of anilines is 1. The third-order valence-corrected chi connectivity index (χ3v) is 9.01. The van der Waals surface area contributed by atoms with Gasteiger partial charge in [-0.05, 0) is 74.5 Å².